The summed E-state index contributed by atoms with van der Waals surface area (Å²) in [6.07, 6.45) is 0. The fraction of sp³-hybridized carbons (Fsp3) is 0.222. The molecule has 4 heteroatoms. The number of nitrogen functional groups attached to an aromatic ring is 1. The lowest BCUT2D eigenvalue weighted by Crippen LogP contribution is -2.10. The van der Waals surface area contributed by atoms with Gasteiger partial charge in [-0.05, 0) is 35.2 Å². The topological polar surface area (TPSA) is 64.9 Å². The van der Waals surface area contributed by atoms with Crippen LogP contribution in [0.1, 0.15) is 26.3 Å². The molecule has 0 saturated carbocycles. The van der Waals surface area contributed by atoms with Crippen LogP contribution in [0.15, 0.2) is 53.1 Å². The summed E-state index contributed by atoms with van der Waals surface area (Å²) in [5, 5.41) is 4.06. The van der Waals surface area contributed by atoms with Gasteiger partial charge in [-0.3, -0.25) is 0 Å². The van der Waals surface area contributed by atoms with Crippen LogP contribution in [0, 0.1) is 0 Å². The Morgan fingerprint density at radius 2 is 1.45 bits per heavy atom. The van der Waals surface area contributed by atoms with Gasteiger partial charge >= 0.3 is 0 Å². The predicted molar refractivity (Wildman–Crippen MR) is 88.3 cm³/mol. The van der Waals surface area contributed by atoms with Crippen LogP contribution in [0.25, 0.3) is 22.8 Å². The van der Waals surface area contributed by atoms with Gasteiger partial charge in [0, 0.05) is 16.8 Å². The van der Waals surface area contributed by atoms with Gasteiger partial charge in [-0.15, -0.1) is 0 Å². The Hall–Kier alpha value is -2.62. The molecule has 4 nitrogen and oxygen atoms in total. The van der Waals surface area contributed by atoms with Gasteiger partial charge in [0.2, 0.25) is 5.82 Å². The summed E-state index contributed by atoms with van der Waals surface area (Å²) < 4.78 is 5.34. The largest absolute Gasteiger partial charge is 0.399 e. The van der Waals surface area contributed by atoms with E-state index >= 15 is 0 Å². The molecule has 0 aliphatic carbocycles. The predicted octanol–water partition coefficient (Wildman–Crippen LogP) is 4.28. The van der Waals surface area contributed by atoms with Crippen LogP contribution in [-0.2, 0) is 5.41 Å². The van der Waals surface area contributed by atoms with E-state index in [1.807, 2.05) is 36.4 Å². The molecular formula is C18H19N3O. The molecule has 0 aliphatic rings. The van der Waals surface area contributed by atoms with Crippen LogP contribution in [-0.4, -0.2) is 10.1 Å². The lowest BCUT2D eigenvalue weighted by Gasteiger charge is -2.18. The average molecular weight is 293 g/mol. The number of nitrogens with two attached hydrogens (primary N) is 1. The third-order valence-electron chi connectivity index (χ3n) is 3.59. The van der Waals surface area contributed by atoms with E-state index in [4.69, 9.17) is 10.3 Å². The van der Waals surface area contributed by atoms with Crippen LogP contribution in [0.5, 0.6) is 0 Å². The smallest absolute Gasteiger partial charge is 0.258 e. The average Bonchev–Trinajstić information content (AvgIpc) is 2.97. The van der Waals surface area contributed by atoms with Crippen molar-refractivity contribution in [2.24, 2.45) is 0 Å². The van der Waals surface area contributed by atoms with Crippen LogP contribution in [0.3, 0.4) is 0 Å². The van der Waals surface area contributed by atoms with Crippen molar-refractivity contribution in [1.82, 2.24) is 10.1 Å². The summed E-state index contributed by atoms with van der Waals surface area (Å²) in [5.41, 5.74) is 9.60. The number of nitrogens with zero attached hydrogens (tertiary/aromatic N) is 2. The molecule has 0 aliphatic heterocycles. The third kappa shape index (κ3) is 2.86. The third-order valence-corrected chi connectivity index (χ3v) is 3.59. The lowest BCUT2D eigenvalue weighted by molar-refractivity contribution is 0.432. The summed E-state index contributed by atoms with van der Waals surface area (Å²) in [5.74, 6) is 1.09. The van der Waals surface area contributed by atoms with Gasteiger partial charge < -0.3 is 10.3 Å². The zero-order valence-corrected chi connectivity index (χ0v) is 13.0. The molecule has 1 aromatic heterocycles. The first kappa shape index (κ1) is 14.3. The summed E-state index contributed by atoms with van der Waals surface area (Å²) >= 11 is 0. The van der Waals surface area contributed by atoms with Crippen molar-refractivity contribution in [1.29, 1.82) is 0 Å². The quantitative estimate of drug-likeness (QED) is 0.716. The van der Waals surface area contributed by atoms with Crippen molar-refractivity contribution in [3.63, 3.8) is 0 Å². The fourth-order valence-electron chi connectivity index (χ4n) is 2.20. The van der Waals surface area contributed by atoms with Crippen LogP contribution in [0.2, 0.25) is 0 Å². The highest BCUT2D eigenvalue weighted by Gasteiger charge is 2.15. The molecule has 2 N–H and O–H groups in total. The van der Waals surface area contributed by atoms with Crippen molar-refractivity contribution in [3.8, 4) is 22.8 Å². The first-order valence-electron chi connectivity index (χ1n) is 7.24. The van der Waals surface area contributed by atoms with Crippen LogP contribution < -0.4 is 5.73 Å². The van der Waals surface area contributed by atoms with Gasteiger partial charge in [0.05, 0.1) is 0 Å². The highest BCUT2D eigenvalue weighted by Crippen LogP contribution is 2.26. The van der Waals surface area contributed by atoms with Crippen molar-refractivity contribution in [2.75, 3.05) is 5.73 Å². The molecule has 0 bridgehead atoms. The Bertz CT molecular complexity index is 765. The highest BCUT2D eigenvalue weighted by atomic mass is 16.5. The molecule has 3 aromatic rings. The molecule has 2 aromatic carbocycles. The van der Waals surface area contributed by atoms with Crippen LogP contribution in [0.4, 0.5) is 5.69 Å². The first-order chi connectivity index (χ1) is 10.4. The number of hydrogen-bond acceptors (Lipinski definition) is 4. The van der Waals surface area contributed by atoms with Crippen molar-refractivity contribution in [2.45, 2.75) is 26.2 Å². The molecule has 0 radical (unpaired) electrons. The van der Waals surface area contributed by atoms with Gasteiger partial charge in [-0.1, -0.05) is 50.2 Å². The summed E-state index contributed by atoms with van der Waals surface area (Å²) in [4.78, 5) is 4.45. The van der Waals surface area contributed by atoms with Gasteiger partial charge in [0.25, 0.3) is 5.89 Å². The Morgan fingerprint density at radius 3 is 2.05 bits per heavy atom. The maximum Gasteiger partial charge on any atom is 0.258 e. The van der Waals surface area contributed by atoms with Crippen molar-refractivity contribution in [3.05, 3.63) is 54.1 Å². The molecule has 22 heavy (non-hydrogen) atoms. The van der Waals surface area contributed by atoms with E-state index in [0.717, 1.165) is 11.1 Å². The van der Waals surface area contributed by atoms with Crippen LogP contribution >= 0.6 is 0 Å². The Balaban J connectivity index is 1.89. The molecule has 0 amide bonds. The molecule has 112 valence electrons. The SMILES string of the molecule is CC(C)(C)c1ccc(-c2noc(-c3ccc(N)cc3)n2)cc1. The van der Waals surface area contributed by atoms with Gasteiger partial charge in [-0.2, -0.15) is 4.98 Å². The molecule has 3 rings (SSSR count). The summed E-state index contributed by atoms with van der Waals surface area (Å²) in [6.45, 7) is 6.57. The normalized spacial score (nSPS) is 11.6. The molecule has 0 saturated heterocycles. The number of aromatic nitrogens is 2. The van der Waals surface area contributed by atoms with Crippen molar-refractivity contribution < 1.29 is 4.52 Å². The second kappa shape index (κ2) is 5.30. The molecular weight excluding hydrogens is 274 g/mol. The minimum atomic E-state index is 0.130. The van der Waals surface area contributed by atoms with E-state index in [-0.39, 0.29) is 5.41 Å². The number of hydrogen-bond donors (Lipinski definition) is 1. The molecule has 1 heterocycles. The molecule has 0 fully saturated rings. The maximum absolute atomic E-state index is 5.68. The van der Waals surface area contributed by atoms with Crippen molar-refractivity contribution >= 4 is 5.69 Å². The lowest BCUT2D eigenvalue weighted by atomic mass is 9.87. The minimum absolute atomic E-state index is 0.130. The maximum atomic E-state index is 5.68. The minimum Gasteiger partial charge on any atom is -0.399 e. The monoisotopic (exact) mass is 293 g/mol. The molecule has 0 atom stereocenters. The molecule has 0 unspecified atom stereocenters. The standard InChI is InChI=1S/C18H19N3O/c1-18(2,3)14-8-4-12(5-9-14)16-20-17(22-21-16)13-6-10-15(19)11-7-13/h4-11H,19H2,1-3H3. The zero-order valence-electron chi connectivity index (χ0n) is 13.0. The fourth-order valence-corrected chi connectivity index (χ4v) is 2.20. The van der Waals surface area contributed by atoms with E-state index in [2.05, 4.69) is 43.0 Å². The Labute approximate surface area is 130 Å². The number of rotatable bonds is 2. The Kier molecular flexibility index (Phi) is 3.45. The number of benzene rings is 2. The van der Waals surface area contributed by atoms with E-state index in [1.54, 1.807) is 0 Å². The van der Waals surface area contributed by atoms with Gasteiger partial charge in [0.15, 0.2) is 0 Å². The van der Waals surface area contributed by atoms with E-state index in [1.165, 1.54) is 5.56 Å². The second-order valence-corrected chi connectivity index (χ2v) is 6.37. The summed E-state index contributed by atoms with van der Waals surface area (Å²) in [6, 6.07) is 15.6. The first-order valence-corrected chi connectivity index (χ1v) is 7.24. The van der Waals surface area contributed by atoms with E-state index in [9.17, 15) is 0 Å². The Morgan fingerprint density at radius 1 is 0.864 bits per heavy atom. The van der Waals surface area contributed by atoms with Gasteiger partial charge in [-0.25, -0.2) is 0 Å². The zero-order chi connectivity index (χ0) is 15.7. The molecule has 0 spiro atoms. The number of anilines is 1. The highest BCUT2D eigenvalue weighted by molar-refractivity contribution is 5.61. The summed E-state index contributed by atoms with van der Waals surface area (Å²) in [7, 11) is 0. The van der Waals surface area contributed by atoms with E-state index < -0.39 is 0 Å². The second-order valence-electron chi connectivity index (χ2n) is 6.37. The van der Waals surface area contributed by atoms with E-state index in [0.29, 0.717) is 17.4 Å². The van der Waals surface area contributed by atoms with Gasteiger partial charge in [0.1, 0.15) is 0 Å².